The molecule has 0 aliphatic rings. The van der Waals surface area contributed by atoms with Crippen molar-refractivity contribution in [2.75, 3.05) is 5.32 Å². The molecule has 23 heavy (non-hydrogen) atoms. The summed E-state index contributed by atoms with van der Waals surface area (Å²) >= 11 is 5.94. The Kier molecular flexibility index (Phi) is 4.14. The molecule has 3 rings (SSSR count). The van der Waals surface area contributed by atoms with Gasteiger partial charge in [0.05, 0.1) is 12.7 Å². The van der Waals surface area contributed by atoms with Crippen molar-refractivity contribution in [1.82, 2.24) is 0 Å². The van der Waals surface area contributed by atoms with Gasteiger partial charge in [-0.1, -0.05) is 17.7 Å². The third-order valence-corrected chi connectivity index (χ3v) is 4.14. The van der Waals surface area contributed by atoms with E-state index in [0.29, 0.717) is 5.02 Å². The van der Waals surface area contributed by atoms with Gasteiger partial charge in [-0.25, -0.2) is 0 Å². The maximum atomic E-state index is 12.4. The van der Waals surface area contributed by atoms with E-state index >= 15 is 0 Å². The first-order valence-electron chi connectivity index (χ1n) is 7.47. The van der Waals surface area contributed by atoms with Crippen molar-refractivity contribution in [3.05, 3.63) is 63.9 Å². The van der Waals surface area contributed by atoms with Crippen molar-refractivity contribution in [2.45, 2.75) is 27.2 Å². The Morgan fingerprint density at radius 2 is 1.91 bits per heavy atom. The number of benzene rings is 2. The second-order valence-corrected chi connectivity index (χ2v) is 6.34. The van der Waals surface area contributed by atoms with Crippen LogP contribution in [-0.2, 0) is 11.2 Å². The lowest BCUT2D eigenvalue weighted by Gasteiger charge is -2.08. The number of amides is 1. The standard InChI is InChI=1S/C19H18ClNO2/c1-11-6-13(3)19-14(10-23-17(19)7-11)9-18(22)21-16-5-4-15(20)8-12(16)2/h4-8,10H,9H2,1-3H3,(H,21,22). The molecule has 0 atom stereocenters. The summed E-state index contributed by atoms with van der Waals surface area (Å²) in [7, 11) is 0. The Balaban J connectivity index is 1.83. The topological polar surface area (TPSA) is 42.2 Å². The third kappa shape index (κ3) is 3.25. The Morgan fingerprint density at radius 3 is 2.65 bits per heavy atom. The van der Waals surface area contributed by atoms with E-state index < -0.39 is 0 Å². The summed E-state index contributed by atoms with van der Waals surface area (Å²) < 4.78 is 5.60. The van der Waals surface area contributed by atoms with E-state index in [2.05, 4.69) is 11.4 Å². The van der Waals surface area contributed by atoms with Gasteiger partial charge in [-0.15, -0.1) is 0 Å². The number of aryl methyl sites for hydroxylation is 3. The van der Waals surface area contributed by atoms with Crippen molar-refractivity contribution >= 4 is 34.2 Å². The minimum absolute atomic E-state index is 0.0712. The Hall–Kier alpha value is -2.26. The molecule has 0 unspecified atom stereocenters. The quantitative estimate of drug-likeness (QED) is 0.719. The highest BCUT2D eigenvalue weighted by atomic mass is 35.5. The molecule has 0 spiro atoms. The smallest absolute Gasteiger partial charge is 0.228 e. The molecule has 0 saturated carbocycles. The van der Waals surface area contributed by atoms with Gasteiger partial charge in [-0.2, -0.15) is 0 Å². The van der Waals surface area contributed by atoms with Gasteiger partial charge in [0.15, 0.2) is 0 Å². The highest BCUT2D eigenvalue weighted by Crippen LogP contribution is 2.27. The van der Waals surface area contributed by atoms with Crippen LogP contribution in [0.3, 0.4) is 0 Å². The lowest BCUT2D eigenvalue weighted by atomic mass is 10.0. The van der Waals surface area contributed by atoms with Crippen LogP contribution in [-0.4, -0.2) is 5.91 Å². The molecular weight excluding hydrogens is 310 g/mol. The molecule has 3 aromatic rings. The normalized spacial score (nSPS) is 11.0. The molecule has 0 radical (unpaired) electrons. The highest BCUT2D eigenvalue weighted by molar-refractivity contribution is 6.30. The summed E-state index contributed by atoms with van der Waals surface area (Å²) in [6.45, 7) is 5.99. The minimum Gasteiger partial charge on any atom is -0.464 e. The number of nitrogens with one attached hydrogen (secondary N) is 1. The van der Waals surface area contributed by atoms with Crippen LogP contribution in [0.2, 0.25) is 5.02 Å². The molecule has 1 N–H and O–H groups in total. The largest absolute Gasteiger partial charge is 0.464 e. The number of furan rings is 1. The molecule has 1 amide bonds. The minimum atomic E-state index is -0.0712. The predicted molar refractivity (Wildman–Crippen MR) is 94.2 cm³/mol. The fourth-order valence-corrected chi connectivity index (χ4v) is 3.12. The van der Waals surface area contributed by atoms with Crippen molar-refractivity contribution in [2.24, 2.45) is 0 Å². The Labute approximate surface area is 140 Å². The second-order valence-electron chi connectivity index (χ2n) is 5.90. The zero-order valence-corrected chi connectivity index (χ0v) is 14.1. The van der Waals surface area contributed by atoms with Crippen LogP contribution >= 0.6 is 11.6 Å². The van der Waals surface area contributed by atoms with Crippen molar-refractivity contribution in [1.29, 1.82) is 0 Å². The van der Waals surface area contributed by atoms with Crippen LogP contribution in [0.25, 0.3) is 11.0 Å². The van der Waals surface area contributed by atoms with E-state index in [1.807, 2.05) is 39.0 Å². The van der Waals surface area contributed by atoms with Crippen molar-refractivity contribution in [3.8, 4) is 0 Å². The second kappa shape index (κ2) is 6.09. The van der Waals surface area contributed by atoms with Crippen molar-refractivity contribution in [3.63, 3.8) is 0 Å². The number of hydrogen-bond donors (Lipinski definition) is 1. The molecule has 0 aliphatic carbocycles. The molecule has 0 fully saturated rings. The molecule has 0 saturated heterocycles. The molecule has 4 heteroatoms. The zero-order chi connectivity index (χ0) is 16.6. The van der Waals surface area contributed by atoms with E-state index in [-0.39, 0.29) is 12.3 Å². The number of carbonyl (C=O) groups is 1. The Bertz CT molecular complexity index is 896. The summed E-state index contributed by atoms with van der Waals surface area (Å²) in [5.74, 6) is -0.0712. The predicted octanol–water partition coefficient (Wildman–Crippen LogP) is 5.19. The van der Waals surface area contributed by atoms with Gasteiger partial charge in [0, 0.05) is 21.7 Å². The van der Waals surface area contributed by atoms with Gasteiger partial charge in [0.2, 0.25) is 5.91 Å². The summed E-state index contributed by atoms with van der Waals surface area (Å²) in [5.41, 5.74) is 5.72. The summed E-state index contributed by atoms with van der Waals surface area (Å²) in [6.07, 6.45) is 1.95. The van der Waals surface area contributed by atoms with E-state index in [4.69, 9.17) is 16.0 Å². The molecule has 3 nitrogen and oxygen atoms in total. The number of carbonyl (C=O) groups excluding carboxylic acids is 1. The molecule has 2 aromatic carbocycles. The first kappa shape index (κ1) is 15.6. The monoisotopic (exact) mass is 327 g/mol. The first-order chi connectivity index (χ1) is 10.9. The number of halogens is 1. The van der Waals surface area contributed by atoms with E-state index in [1.165, 1.54) is 0 Å². The van der Waals surface area contributed by atoms with Crippen LogP contribution < -0.4 is 5.32 Å². The maximum Gasteiger partial charge on any atom is 0.228 e. The first-order valence-corrected chi connectivity index (χ1v) is 7.85. The SMILES string of the molecule is Cc1cc(C)c2c(CC(=O)Nc3ccc(Cl)cc3C)coc2c1. The number of anilines is 1. The van der Waals surface area contributed by atoms with E-state index in [0.717, 1.165) is 38.9 Å². The summed E-state index contributed by atoms with van der Waals surface area (Å²) in [5, 5.41) is 4.62. The van der Waals surface area contributed by atoms with Crippen molar-refractivity contribution < 1.29 is 9.21 Å². The maximum absolute atomic E-state index is 12.4. The van der Waals surface area contributed by atoms with Crippen LogP contribution in [0, 0.1) is 20.8 Å². The van der Waals surface area contributed by atoms with Crippen LogP contribution in [0.5, 0.6) is 0 Å². The van der Waals surface area contributed by atoms with Gasteiger partial charge in [0.1, 0.15) is 5.58 Å². The van der Waals surface area contributed by atoms with Gasteiger partial charge >= 0.3 is 0 Å². The zero-order valence-electron chi connectivity index (χ0n) is 13.4. The van der Waals surface area contributed by atoms with Gasteiger partial charge < -0.3 is 9.73 Å². The molecule has 0 bridgehead atoms. The third-order valence-electron chi connectivity index (χ3n) is 3.91. The van der Waals surface area contributed by atoms with E-state index in [9.17, 15) is 4.79 Å². The number of hydrogen-bond acceptors (Lipinski definition) is 2. The molecular formula is C19H18ClNO2. The number of fused-ring (bicyclic) bond motifs is 1. The van der Waals surface area contributed by atoms with E-state index in [1.54, 1.807) is 12.3 Å². The summed E-state index contributed by atoms with van der Waals surface area (Å²) in [6, 6.07) is 9.51. The average Bonchev–Trinajstić information content (AvgIpc) is 2.85. The van der Waals surface area contributed by atoms with Crippen LogP contribution in [0.15, 0.2) is 41.0 Å². The van der Waals surface area contributed by atoms with Crippen LogP contribution in [0.4, 0.5) is 5.69 Å². The lowest BCUT2D eigenvalue weighted by molar-refractivity contribution is -0.115. The average molecular weight is 328 g/mol. The van der Waals surface area contributed by atoms with Gasteiger partial charge in [0.25, 0.3) is 0 Å². The fraction of sp³-hybridized carbons (Fsp3) is 0.211. The van der Waals surface area contributed by atoms with Crippen LogP contribution in [0.1, 0.15) is 22.3 Å². The van der Waals surface area contributed by atoms with Gasteiger partial charge in [-0.05, 0) is 61.7 Å². The molecule has 1 heterocycles. The fourth-order valence-electron chi connectivity index (χ4n) is 2.89. The summed E-state index contributed by atoms with van der Waals surface area (Å²) in [4.78, 5) is 12.4. The highest BCUT2D eigenvalue weighted by Gasteiger charge is 2.13. The van der Waals surface area contributed by atoms with Gasteiger partial charge in [-0.3, -0.25) is 4.79 Å². The molecule has 1 aromatic heterocycles. The molecule has 118 valence electrons. The number of rotatable bonds is 3. The molecule has 0 aliphatic heterocycles. The Morgan fingerprint density at radius 1 is 1.13 bits per heavy atom. The lowest BCUT2D eigenvalue weighted by Crippen LogP contribution is -2.15.